The maximum atomic E-state index is 8.84. The van der Waals surface area contributed by atoms with Gasteiger partial charge >= 0.3 is 0 Å². The van der Waals surface area contributed by atoms with Crippen molar-refractivity contribution >= 4 is 17.4 Å². The quantitative estimate of drug-likeness (QED) is 0.856. The van der Waals surface area contributed by atoms with E-state index >= 15 is 0 Å². The van der Waals surface area contributed by atoms with Gasteiger partial charge in [-0.15, -0.1) is 11.8 Å². The number of benzene rings is 1. The van der Waals surface area contributed by atoms with Gasteiger partial charge < -0.3 is 5.32 Å². The highest BCUT2D eigenvalue weighted by atomic mass is 32.2. The van der Waals surface area contributed by atoms with Gasteiger partial charge in [0.25, 0.3) is 0 Å². The Labute approximate surface area is 107 Å². The van der Waals surface area contributed by atoms with E-state index in [1.54, 1.807) is 0 Å². The minimum absolute atomic E-state index is 0.354. The summed E-state index contributed by atoms with van der Waals surface area (Å²) in [6.07, 6.45) is 0.601. The number of nitrogens with zero attached hydrogens (tertiary/aromatic N) is 1. The van der Waals surface area contributed by atoms with Gasteiger partial charge in [0.1, 0.15) is 0 Å². The van der Waals surface area contributed by atoms with Gasteiger partial charge in [-0.25, -0.2) is 0 Å². The van der Waals surface area contributed by atoms with E-state index in [4.69, 9.17) is 5.26 Å². The van der Waals surface area contributed by atoms with Gasteiger partial charge in [0.15, 0.2) is 0 Å². The number of hydrogen-bond donors (Lipinski definition) is 1. The van der Waals surface area contributed by atoms with Gasteiger partial charge in [-0.1, -0.05) is 26.0 Å². The van der Waals surface area contributed by atoms with Gasteiger partial charge in [-0.2, -0.15) is 5.26 Å². The molecule has 0 spiro atoms. The van der Waals surface area contributed by atoms with Crippen molar-refractivity contribution in [2.45, 2.75) is 49.3 Å². The number of nitriles is 1. The molecule has 1 aliphatic heterocycles. The highest BCUT2D eigenvalue weighted by Gasteiger charge is 2.27. The smallest absolute Gasteiger partial charge is 0.0634 e. The van der Waals surface area contributed by atoms with Crippen LogP contribution in [-0.2, 0) is 0 Å². The van der Waals surface area contributed by atoms with E-state index in [2.05, 4.69) is 50.4 Å². The minimum atomic E-state index is 0.354. The van der Waals surface area contributed by atoms with E-state index < -0.39 is 0 Å². The van der Waals surface area contributed by atoms with Gasteiger partial charge in [0, 0.05) is 22.6 Å². The van der Waals surface area contributed by atoms with Crippen molar-refractivity contribution in [1.29, 1.82) is 5.26 Å². The van der Waals surface area contributed by atoms with E-state index in [9.17, 15) is 0 Å². The lowest BCUT2D eigenvalue weighted by Gasteiger charge is -2.32. The van der Waals surface area contributed by atoms with Crippen molar-refractivity contribution in [2.24, 2.45) is 0 Å². The summed E-state index contributed by atoms with van der Waals surface area (Å²) in [5.74, 6) is 0.526. The summed E-state index contributed by atoms with van der Waals surface area (Å²) >= 11 is 1.84. The number of hydrogen-bond acceptors (Lipinski definition) is 3. The highest BCUT2D eigenvalue weighted by Crippen LogP contribution is 2.42. The van der Waals surface area contributed by atoms with E-state index in [1.165, 1.54) is 16.1 Å². The van der Waals surface area contributed by atoms with Crippen LogP contribution in [-0.4, -0.2) is 11.3 Å². The topological polar surface area (TPSA) is 35.8 Å². The van der Waals surface area contributed by atoms with Gasteiger partial charge in [0.2, 0.25) is 0 Å². The lowest BCUT2D eigenvalue weighted by atomic mass is 10.00. The molecule has 0 aliphatic carbocycles. The first-order valence-corrected chi connectivity index (χ1v) is 6.94. The predicted octanol–water partition coefficient (Wildman–Crippen LogP) is 4.00. The maximum Gasteiger partial charge on any atom is 0.0634 e. The van der Waals surface area contributed by atoms with E-state index in [0.29, 0.717) is 23.6 Å². The Morgan fingerprint density at radius 2 is 2.24 bits per heavy atom. The van der Waals surface area contributed by atoms with E-state index in [-0.39, 0.29) is 0 Å². The Hall–Kier alpha value is -1.14. The summed E-state index contributed by atoms with van der Waals surface area (Å²) in [4.78, 5) is 1.29. The van der Waals surface area contributed by atoms with E-state index in [1.807, 2.05) is 11.8 Å². The average molecular weight is 246 g/mol. The largest absolute Gasteiger partial charge is 0.380 e. The molecule has 0 radical (unpaired) electrons. The predicted molar refractivity (Wildman–Crippen MR) is 73.5 cm³/mol. The molecule has 2 unspecified atom stereocenters. The van der Waals surface area contributed by atoms with Crippen LogP contribution in [0.2, 0.25) is 0 Å². The van der Waals surface area contributed by atoms with Crippen LogP contribution >= 0.6 is 11.8 Å². The van der Waals surface area contributed by atoms with Gasteiger partial charge in [-0.05, 0) is 24.5 Å². The van der Waals surface area contributed by atoms with Crippen molar-refractivity contribution in [2.75, 3.05) is 5.32 Å². The molecule has 1 aromatic carbocycles. The molecular weight excluding hydrogens is 228 g/mol. The third kappa shape index (κ3) is 2.42. The molecule has 0 amide bonds. The van der Waals surface area contributed by atoms with Crippen LogP contribution in [0.4, 0.5) is 5.69 Å². The number of nitrogens with one attached hydrogen (secondary N) is 1. The third-order valence-corrected chi connectivity index (χ3v) is 4.65. The SMILES string of the molecule is CC(C)c1cccc2c1NC(C)C(CC#N)S2. The molecule has 2 nitrogen and oxygen atoms in total. The summed E-state index contributed by atoms with van der Waals surface area (Å²) in [7, 11) is 0. The van der Waals surface area contributed by atoms with Crippen LogP contribution in [0.15, 0.2) is 23.1 Å². The van der Waals surface area contributed by atoms with Crippen molar-refractivity contribution < 1.29 is 0 Å². The summed E-state index contributed by atoms with van der Waals surface area (Å²) in [5.41, 5.74) is 2.64. The molecule has 2 atom stereocenters. The fourth-order valence-electron chi connectivity index (χ4n) is 2.18. The van der Waals surface area contributed by atoms with Crippen LogP contribution in [0.5, 0.6) is 0 Å². The number of anilines is 1. The fourth-order valence-corrected chi connectivity index (χ4v) is 3.38. The summed E-state index contributed by atoms with van der Waals surface area (Å²) < 4.78 is 0. The molecule has 1 N–H and O–H groups in total. The Kier molecular flexibility index (Phi) is 3.63. The first-order valence-electron chi connectivity index (χ1n) is 6.06. The number of fused-ring (bicyclic) bond motifs is 1. The first kappa shape index (κ1) is 12.3. The van der Waals surface area contributed by atoms with Gasteiger partial charge in [-0.3, -0.25) is 0 Å². The monoisotopic (exact) mass is 246 g/mol. The van der Waals surface area contributed by atoms with Crippen molar-refractivity contribution in [3.63, 3.8) is 0 Å². The molecule has 0 bridgehead atoms. The normalized spacial score (nSPS) is 22.8. The molecular formula is C14H18N2S. The second-order valence-electron chi connectivity index (χ2n) is 4.83. The fraction of sp³-hybridized carbons (Fsp3) is 0.500. The zero-order chi connectivity index (χ0) is 12.4. The summed E-state index contributed by atoms with van der Waals surface area (Å²) in [5, 5.41) is 12.8. The zero-order valence-electron chi connectivity index (χ0n) is 10.5. The van der Waals surface area contributed by atoms with Crippen LogP contribution in [0.25, 0.3) is 0 Å². The molecule has 1 aliphatic rings. The number of thioether (sulfide) groups is 1. The Morgan fingerprint density at radius 3 is 2.88 bits per heavy atom. The van der Waals surface area contributed by atoms with Crippen LogP contribution in [0.1, 0.15) is 38.7 Å². The molecule has 2 rings (SSSR count). The maximum absolute atomic E-state index is 8.84. The van der Waals surface area contributed by atoms with Gasteiger partial charge in [0.05, 0.1) is 11.8 Å². The van der Waals surface area contributed by atoms with Crippen molar-refractivity contribution in [3.05, 3.63) is 23.8 Å². The molecule has 1 aromatic rings. The molecule has 0 fully saturated rings. The Bertz CT molecular complexity index is 448. The minimum Gasteiger partial charge on any atom is -0.380 e. The average Bonchev–Trinajstić information content (AvgIpc) is 2.29. The summed E-state index contributed by atoms with van der Waals surface area (Å²) in [6.45, 7) is 6.59. The third-order valence-electron chi connectivity index (χ3n) is 3.18. The number of para-hydroxylation sites is 1. The lowest BCUT2D eigenvalue weighted by molar-refractivity contribution is 0.723. The first-order chi connectivity index (χ1) is 8.13. The second-order valence-corrected chi connectivity index (χ2v) is 6.11. The Balaban J connectivity index is 2.34. The molecule has 0 saturated carbocycles. The molecule has 17 heavy (non-hydrogen) atoms. The van der Waals surface area contributed by atoms with Crippen LogP contribution in [0.3, 0.4) is 0 Å². The zero-order valence-corrected chi connectivity index (χ0v) is 11.3. The molecule has 0 aromatic heterocycles. The summed E-state index contributed by atoms with van der Waals surface area (Å²) in [6, 6.07) is 9.08. The molecule has 0 saturated heterocycles. The van der Waals surface area contributed by atoms with Crippen molar-refractivity contribution in [1.82, 2.24) is 0 Å². The standard InChI is InChI=1S/C14H18N2S/c1-9(2)11-5-4-6-13-14(11)16-10(3)12(17-13)7-8-15/h4-6,9-10,12,16H,7H2,1-3H3. The number of rotatable bonds is 2. The van der Waals surface area contributed by atoms with Crippen LogP contribution in [0, 0.1) is 11.3 Å². The van der Waals surface area contributed by atoms with Crippen molar-refractivity contribution in [3.8, 4) is 6.07 Å². The molecule has 90 valence electrons. The molecule has 1 heterocycles. The second kappa shape index (κ2) is 5.01. The highest BCUT2D eigenvalue weighted by molar-refractivity contribution is 8.00. The Morgan fingerprint density at radius 1 is 1.47 bits per heavy atom. The lowest BCUT2D eigenvalue weighted by Crippen LogP contribution is -2.32. The van der Waals surface area contributed by atoms with Crippen LogP contribution < -0.4 is 5.32 Å². The van der Waals surface area contributed by atoms with E-state index in [0.717, 1.165) is 0 Å². The molecule has 3 heteroatoms.